The molecular weight excluding hydrogens is 459 g/mol. The van der Waals surface area contributed by atoms with E-state index in [2.05, 4.69) is 21.9 Å². The molecule has 3 aromatic heterocycles. The van der Waals surface area contributed by atoms with Gasteiger partial charge in [0, 0.05) is 42.5 Å². The largest absolute Gasteiger partial charge is 0.339 e. The van der Waals surface area contributed by atoms with Crippen LogP contribution < -0.4 is 5.32 Å². The highest BCUT2D eigenvalue weighted by Crippen LogP contribution is 2.36. The first-order valence-corrected chi connectivity index (χ1v) is 11.3. The van der Waals surface area contributed by atoms with Crippen LogP contribution in [-0.4, -0.2) is 44.2 Å². The van der Waals surface area contributed by atoms with Crippen molar-refractivity contribution in [3.63, 3.8) is 0 Å². The first-order valence-electron chi connectivity index (χ1n) is 11.3. The van der Waals surface area contributed by atoms with Crippen LogP contribution in [0.2, 0.25) is 0 Å². The number of hydrogen-bond acceptors (Lipinski definition) is 5. The van der Waals surface area contributed by atoms with Crippen molar-refractivity contribution >= 4 is 23.1 Å². The van der Waals surface area contributed by atoms with Crippen molar-refractivity contribution < 1.29 is 14.0 Å². The van der Waals surface area contributed by atoms with E-state index in [9.17, 15) is 9.59 Å². The Bertz CT molecular complexity index is 1550. The molecule has 4 heterocycles. The molecule has 1 saturated heterocycles. The molecule has 0 bridgehead atoms. The first-order chi connectivity index (χ1) is 17.5. The van der Waals surface area contributed by atoms with E-state index < -0.39 is 11.7 Å². The lowest BCUT2D eigenvalue weighted by Crippen LogP contribution is -2.26. The van der Waals surface area contributed by atoms with Crippen molar-refractivity contribution in [1.82, 2.24) is 19.3 Å². The number of nitriles is 1. The molecule has 1 fully saturated rings. The van der Waals surface area contributed by atoms with Gasteiger partial charge in [-0.05, 0) is 60.5 Å². The molecule has 1 aliphatic heterocycles. The fraction of sp³-hybridized carbons (Fsp3) is 0.148. The third kappa shape index (κ3) is 4.20. The van der Waals surface area contributed by atoms with Gasteiger partial charge < -0.3 is 10.2 Å². The van der Waals surface area contributed by atoms with Crippen LogP contribution in [0.4, 0.5) is 10.2 Å². The number of amides is 2. The lowest BCUT2D eigenvalue weighted by Gasteiger charge is -2.13. The minimum atomic E-state index is -0.564. The van der Waals surface area contributed by atoms with E-state index in [4.69, 9.17) is 5.26 Å². The quantitative estimate of drug-likeness (QED) is 0.432. The Morgan fingerprint density at radius 1 is 1.19 bits per heavy atom. The zero-order valence-electron chi connectivity index (χ0n) is 19.2. The molecular formula is C27H21FN6O2. The highest BCUT2D eigenvalue weighted by molar-refractivity contribution is 6.04. The molecule has 8 nitrogen and oxygen atoms in total. The summed E-state index contributed by atoms with van der Waals surface area (Å²) in [5.74, 6) is -0.894. The van der Waals surface area contributed by atoms with E-state index in [1.807, 2.05) is 22.6 Å². The Balaban J connectivity index is 1.45. The van der Waals surface area contributed by atoms with Crippen LogP contribution in [0.1, 0.15) is 33.8 Å². The molecule has 1 atom stereocenters. The second-order valence-electron chi connectivity index (χ2n) is 8.48. The maximum absolute atomic E-state index is 15.3. The van der Waals surface area contributed by atoms with Crippen LogP contribution >= 0.6 is 0 Å². The van der Waals surface area contributed by atoms with Gasteiger partial charge in [-0.1, -0.05) is 6.58 Å². The highest BCUT2D eigenvalue weighted by Gasteiger charge is 2.29. The fourth-order valence-electron chi connectivity index (χ4n) is 4.58. The molecule has 1 unspecified atom stereocenters. The van der Waals surface area contributed by atoms with Gasteiger partial charge in [-0.3, -0.25) is 14.0 Å². The predicted octanol–water partition coefficient (Wildman–Crippen LogP) is 4.16. The first kappa shape index (κ1) is 22.9. The van der Waals surface area contributed by atoms with Gasteiger partial charge in [-0.15, -0.1) is 0 Å². The molecule has 0 spiro atoms. The average molecular weight is 481 g/mol. The third-order valence-electron chi connectivity index (χ3n) is 6.36. The van der Waals surface area contributed by atoms with Crippen LogP contribution in [0, 0.1) is 17.1 Å². The summed E-state index contributed by atoms with van der Waals surface area (Å²) in [6.45, 7) is 4.77. The summed E-state index contributed by atoms with van der Waals surface area (Å²) in [6.07, 6.45) is 6.84. The number of pyridine rings is 1. The van der Waals surface area contributed by atoms with Crippen LogP contribution in [0.15, 0.2) is 73.8 Å². The SMILES string of the molecule is C=CC(=O)N1CCC(c2cc(-c3ccc(C(=O)Nc4cc(C#N)ccn4)cc3F)n3cnccc23)C1. The molecule has 1 aliphatic rings. The number of anilines is 1. The number of aromatic nitrogens is 3. The number of fused-ring (bicyclic) bond motifs is 1. The van der Waals surface area contributed by atoms with E-state index in [0.29, 0.717) is 29.9 Å². The molecule has 0 aliphatic carbocycles. The zero-order valence-corrected chi connectivity index (χ0v) is 19.2. The van der Waals surface area contributed by atoms with Gasteiger partial charge in [0.1, 0.15) is 11.6 Å². The number of carbonyl (C=O) groups excluding carboxylic acids is 2. The Labute approximate surface area is 206 Å². The smallest absolute Gasteiger partial charge is 0.256 e. The Hall–Kier alpha value is -4.84. The van der Waals surface area contributed by atoms with Crippen LogP contribution in [0.3, 0.4) is 0 Å². The summed E-state index contributed by atoms with van der Waals surface area (Å²) >= 11 is 0. The van der Waals surface area contributed by atoms with Crippen LogP contribution in [0.25, 0.3) is 16.8 Å². The molecule has 2 amide bonds. The fourth-order valence-corrected chi connectivity index (χ4v) is 4.58. The van der Waals surface area contributed by atoms with E-state index in [1.54, 1.807) is 23.5 Å². The summed E-state index contributed by atoms with van der Waals surface area (Å²) in [6, 6.07) is 13.0. The number of nitrogens with one attached hydrogen (secondary N) is 1. The predicted molar refractivity (Wildman–Crippen MR) is 132 cm³/mol. The molecule has 36 heavy (non-hydrogen) atoms. The zero-order chi connectivity index (χ0) is 25.2. The number of likely N-dealkylation sites (tertiary alicyclic amines) is 1. The Morgan fingerprint density at radius 3 is 2.83 bits per heavy atom. The summed E-state index contributed by atoms with van der Waals surface area (Å²) < 4.78 is 17.2. The lowest BCUT2D eigenvalue weighted by atomic mass is 9.98. The van der Waals surface area contributed by atoms with Crippen LogP contribution in [0.5, 0.6) is 0 Å². The molecule has 4 aromatic rings. The average Bonchev–Trinajstić information content (AvgIpc) is 3.54. The maximum atomic E-state index is 15.3. The number of carbonyl (C=O) groups is 2. The molecule has 178 valence electrons. The lowest BCUT2D eigenvalue weighted by molar-refractivity contribution is -0.125. The summed E-state index contributed by atoms with van der Waals surface area (Å²) in [4.78, 5) is 34.7. The number of benzene rings is 1. The van der Waals surface area contributed by atoms with Gasteiger partial charge in [0.25, 0.3) is 5.91 Å². The topological polar surface area (TPSA) is 103 Å². The Kier molecular flexibility index (Phi) is 6.00. The van der Waals surface area contributed by atoms with Crippen molar-refractivity contribution in [2.45, 2.75) is 12.3 Å². The molecule has 9 heteroatoms. The van der Waals surface area contributed by atoms with Crippen LogP contribution in [-0.2, 0) is 4.79 Å². The summed E-state index contributed by atoms with van der Waals surface area (Å²) in [5.41, 5.74) is 3.30. The van der Waals surface area contributed by atoms with Crippen molar-refractivity contribution in [2.24, 2.45) is 0 Å². The summed E-state index contributed by atoms with van der Waals surface area (Å²) in [5, 5.41) is 11.6. The number of halogens is 1. The van der Waals surface area contributed by atoms with Gasteiger partial charge in [-0.25, -0.2) is 14.4 Å². The number of hydrogen-bond donors (Lipinski definition) is 1. The molecule has 5 rings (SSSR count). The van der Waals surface area contributed by atoms with Crippen molar-refractivity contribution in [1.29, 1.82) is 5.26 Å². The third-order valence-corrected chi connectivity index (χ3v) is 6.36. The van der Waals surface area contributed by atoms with Crippen molar-refractivity contribution in [2.75, 3.05) is 18.4 Å². The van der Waals surface area contributed by atoms with Gasteiger partial charge >= 0.3 is 0 Å². The monoisotopic (exact) mass is 480 g/mol. The standard InChI is InChI=1S/C27H21FN6O2/c1-2-26(35)33-10-7-19(15-33)21-13-24(34-16-30-8-6-23(21)34)20-4-3-18(12-22(20)28)27(36)32-25-11-17(14-29)5-9-31-25/h2-6,8-9,11-13,16,19H,1,7,10,15H2,(H,31,32,36). The molecule has 1 aromatic carbocycles. The highest BCUT2D eigenvalue weighted by atomic mass is 19.1. The van der Waals surface area contributed by atoms with E-state index in [0.717, 1.165) is 17.5 Å². The van der Waals surface area contributed by atoms with Gasteiger partial charge in [-0.2, -0.15) is 5.26 Å². The van der Waals surface area contributed by atoms with Gasteiger partial charge in [0.15, 0.2) is 0 Å². The second kappa shape index (κ2) is 9.43. The Morgan fingerprint density at radius 2 is 2.06 bits per heavy atom. The van der Waals surface area contributed by atoms with Gasteiger partial charge in [0.05, 0.1) is 29.2 Å². The molecule has 0 radical (unpaired) electrons. The number of nitrogens with zero attached hydrogens (tertiary/aromatic N) is 5. The van der Waals surface area contributed by atoms with E-state index >= 15 is 4.39 Å². The molecule has 1 N–H and O–H groups in total. The second-order valence-corrected chi connectivity index (χ2v) is 8.48. The maximum Gasteiger partial charge on any atom is 0.256 e. The van der Waals surface area contributed by atoms with Gasteiger partial charge in [0.2, 0.25) is 5.91 Å². The van der Waals surface area contributed by atoms with Crippen molar-refractivity contribution in [3.05, 3.63) is 96.3 Å². The minimum Gasteiger partial charge on any atom is -0.339 e. The normalized spacial score (nSPS) is 15.0. The van der Waals surface area contributed by atoms with Crippen molar-refractivity contribution in [3.8, 4) is 17.3 Å². The van der Waals surface area contributed by atoms with E-state index in [-0.39, 0.29) is 23.2 Å². The van der Waals surface area contributed by atoms with E-state index in [1.165, 1.54) is 36.5 Å². The summed E-state index contributed by atoms with van der Waals surface area (Å²) in [7, 11) is 0. The molecule has 0 saturated carbocycles. The number of rotatable bonds is 5. The minimum absolute atomic E-state index is 0.0997.